The van der Waals surface area contributed by atoms with Crippen LogP contribution in [0.4, 0.5) is 5.69 Å². The summed E-state index contributed by atoms with van der Waals surface area (Å²) in [6.45, 7) is 8.59. The van der Waals surface area contributed by atoms with Gasteiger partial charge in [0, 0.05) is 11.4 Å². The molecule has 0 fully saturated rings. The number of anilines is 1. The Labute approximate surface area is 102 Å². The minimum absolute atomic E-state index is 0.0761. The molecule has 2 nitrogen and oxygen atoms in total. The molecule has 0 radical (unpaired) electrons. The lowest BCUT2D eigenvalue weighted by molar-refractivity contribution is 0.605. The van der Waals surface area contributed by atoms with Gasteiger partial charge in [0.1, 0.15) is 0 Å². The van der Waals surface area contributed by atoms with E-state index in [0.29, 0.717) is 0 Å². The Kier molecular flexibility index (Phi) is 2.98. The van der Waals surface area contributed by atoms with E-state index in [1.807, 2.05) is 0 Å². The van der Waals surface area contributed by atoms with Crippen molar-refractivity contribution in [3.8, 4) is 0 Å². The number of hydrogen-bond donors (Lipinski definition) is 1. The lowest BCUT2D eigenvalue weighted by Crippen LogP contribution is -2.15. The highest BCUT2D eigenvalue weighted by Gasteiger charge is 2.25. The number of amidine groups is 1. The molecule has 0 aliphatic carbocycles. The number of nitrogens with one attached hydrogen (secondary N) is 1. The summed E-state index contributed by atoms with van der Waals surface area (Å²) in [5.41, 5.74) is 3.85. The second-order valence-electron chi connectivity index (χ2n) is 4.94. The molecule has 0 aromatic heterocycles. The molecule has 0 amide bonds. The summed E-state index contributed by atoms with van der Waals surface area (Å²) < 4.78 is 0. The summed E-state index contributed by atoms with van der Waals surface area (Å²) in [5, 5.41) is 4.41. The first kappa shape index (κ1) is 11.5. The summed E-state index contributed by atoms with van der Waals surface area (Å²) in [4.78, 5) is 4.64. The summed E-state index contributed by atoms with van der Waals surface area (Å²) in [6.07, 6.45) is 0. The molecule has 0 unspecified atom stereocenters. The van der Waals surface area contributed by atoms with Crippen LogP contribution in [0, 0.1) is 13.8 Å². The van der Waals surface area contributed by atoms with Crippen LogP contribution in [0.2, 0.25) is 0 Å². The second-order valence-corrected chi connectivity index (χ2v) is 5.91. The van der Waals surface area contributed by atoms with Gasteiger partial charge in [-0.3, -0.25) is 4.99 Å². The van der Waals surface area contributed by atoms with E-state index in [4.69, 9.17) is 0 Å². The maximum absolute atomic E-state index is 4.64. The van der Waals surface area contributed by atoms with Gasteiger partial charge in [0.25, 0.3) is 0 Å². The SMILES string of the molecule is Cc1ccc(NC2=NC(C)(C)CS2)cc1C. The predicted molar refractivity (Wildman–Crippen MR) is 73.5 cm³/mol. The molecular formula is C13H18N2S. The van der Waals surface area contributed by atoms with E-state index in [9.17, 15) is 0 Å². The maximum Gasteiger partial charge on any atom is 0.161 e. The Hall–Kier alpha value is -0.960. The van der Waals surface area contributed by atoms with E-state index in [-0.39, 0.29) is 5.54 Å². The number of rotatable bonds is 1. The van der Waals surface area contributed by atoms with Crippen LogP contribution in [0.5, 0.6) is 0 Å². The molecular weight excluding hydrogens is 216 g/mol. The van der Waals surface area contributed by atoms with Crippen molar-refractivity contribution in [2.24, 2.45) is 4.99 Å². The van der Waals surface area contributed by atoms with Gasteiger partial charge in [0.15, 0.2) is 5.17 Å². The van der Waals surface area contributed by atoms with Crippen LogP contribution in [-0.2, 0) is 0 Å². The first-order chi connectivity index (χ1) is 7.46. The third-order valence-electron chi connectivity index (χ3n) is 2.72. The largest absolute Gasteiger partial charge is 0.335 e. The summed E-state index contributed by atoms with van der Waals surface area (Å²) >= 11 is 1.79. The molecule has 2 rings (SSSR count). The monoisotopic (exact) mass is 234 g/mol. The highest BCUT2D eigenvalue weighted by Crippen LogP contribution is 2.28. The zero-order chi connectivity index (χ0) is 11.8. The third-order valence-corrected chi connectivity index (χ3v) is 4.04. The smallest absolute Gasteiger partial charge is 0.161 e. The summed E-state index contributed by atoms with van der Waals surface area (Å²) in [5.74, 6) is 1.06. The molecule has 16 heavy (non-hydrogen) atoms. The molecule has 1 aromatic carbocycles. The lowest BCUT2D eigenvalue weighted by atomic mass is 10.1. The van der Waals surface area contributed by atoms with Crippen LogP contribution in [0.25, 0.3) is 0 Å². The van der Waals surface area contributed by atoms with Crippen LogP contribution >= 0.6 is 11.8 Å². The van der Waals surface area contributed by atoms with Crippen molar-refractivity contribution < 1.29 is 0 Å². The van der Waals surface area contributed by atoms with Gasteiger partial charge in [0.2, 0.25) is 0 Å². The fraction of sp³-hybridized carbons (Fsp3) is 0.462. The van der Waals surface area contributed by atoms with Crippen LogP contribution in [0.1, 0.15) is 25.0 Å². The third kappa shape index (κ3) is 2.59. The number of hydrogen-bond acceptors (Lipinski definition) is 3. The number of nitrogens with zero attached hydrogens (tertiary/aromatic N) is 1. The Balaban J connectivity index is 2.13. The van der Waals surface area contributed by atoms with Crippen molar-refractivity contribution in [1.82, 2.24) is 0 Å². The molecule has 86 valence electrons. The van der Waals surface area contributed by atoms with E-state index < -0.39 is 0 Å². The van der Waals surface area contributed by atoms with Crippen LogP contribution in [0.15, 0.2) is 23.2 Å². The minimum atomic E-state index is 0.0761. The van der Waals surface area contributed by atoms with Gasteiger partial charge in [-0.25, -0.2) is 0 Å². The van der Waals surface area contributed by atoms with Crippen LogP contribution < -0.4 is 5.32 Å². The number of thioether (sulfide) groups is 1. The Morgan fingerprint density at radius 2 is 2.00 bits per heavy atom. The van der Waals surface area contributed by atoms with Gasteiger partial charge in [0.05, 0.1) is 5.54 Å². The van der Waals surface area contributed by atoms with E-state index >= 15 is 0 Å². The van der Waals surface area contributed by atoms with E-state index in [2.05, 4.69) is 56.2 Å². The summed E-state index contributed by atoms with van der Waals surface area (Å²) in [7, 11) is 0. The Bertz CT molecular complexity index is 436. The lowest BCUT2D eigenvalue weighted by Gasteiger charge is -2.09. The number of benzene rings is 1. The van der Waals surface area contributed by atoms with Gasteiger partial charge in [-0.15, -0.1) is 0 Å². The standard InChI is InChI=1S/C13H18N2S/c1-9-5-6-11(7-10(9)2)14-12-15-13(3,4)8-16-12/h5-7H,8H2,1-4H3,(H,14,15). The molecule has 1 N–H and O–H groups in total. The topological polar surface area (TPSA) is 24.4 Å². The van der Waals surface area contributed by atoms with Gasteiger partial charge >= 0.3 is 0 Å². The average molecular weight is 234 g/mol. The maximum atomic E-state index is 4.64. The summed E-state index contributed by atoms with van der Waals surface area (Å²) in [6, 6.07) is 6.42. The van der Waals surface area contributed by atoms with Gasteiger partial charge in [-0.2, -0.15) is 0 Å². The Morgan fingerprint density at radius 1 is 1.25 bits per heavy atom. The quantitative estimate of drug-likeness (QED) is 0.803. The molecule has 0 spiro atoms. The number of aliphatic imine (C=N–C) groups is 1. The fourth-order valence-corrected chi connectivity index (χ4v) is 2.65. The Morgan fingerprint density at radius 3 is 2.56 bits per heavy atom. The van der Waals surface area contributed by atoms with Crippen LogP contribution in [0.3, 0.4) is 0 Å². The van der Waals surface area contributed by atoms with Crippen molar-refractivity contribution >= 4 is 22.6 Å². The zero-order valence-electron chi connectivity index (χ0n) is 10.3. The molecule has 1 aromatic rings. The minimum Gasteiger partial charge on any atom is -0.335 e. The predicted octanol–water partition coefficient (Wildman–Crippen LogP) is 3.60. The first-order valence-corrected chi connectivity index (χ1v) is 6.52. The van der Waals surface area contributed by atoms with E-state index in [1.54, 1.807) is 11.8 Å². The van der Waals surface area contributed by atoms with Crippen molar-refractivity contribution in [3.05, 3.63) is 29.3 Å². The molecule has 0 bridgehead atoms. The molecule has 3 heteroatoms. The molecule has 0 saturated carbocycles. The number of aryl methyl sites for hydroxylation is 2. The normalized spacial score (nSPS) is 18.4. The highest BCUT2D eigenvalue weighted by molar-refractivity contribution is 8.14. The second kappa shape index (κ2) is 4.13. The van der Waals surface area contributed by atoms with Crippen molar-refractivity contribution in [2.75, 3.05) is 11.1 Å². The molecule has 1 heterocycles. The average Bonchev–Trinajstić information content (AvgIpc) is 2.52. The molecule has 1 aliphatic heterocycles. The highest BCUT2D eigenvalue weighted by atomic mass is 32.2. The van der Waals surface area contributed by atoms with Gasteiger partial charge in [-0.1, -0.05) is 17.8 Å². The zero-order valence-corrected chi connectivity index (χ0v) is 11.1. The fourth-order valence-electron chi connectivity index (χ4n) is 1.59. The van der Waals surface area contributed by atoms with Crippen molar-refractivity contribution in [1.29, 1.82) is 0 Å². The van der Waals surface area contributed by atoms with Crippen molar-refractivity contribution in [3.63, 3.8) is 0 Å². The van der Waals surface area contributed by atoms with Gasteiger partial charge in [-0.05, 0) is 51.0 Å². The van der Waals surface area contributed by atoms with E-state index in [0.717, 1.165) is 16.6 Å². The first-order valence-electron chi connectivity index (χ1n) is 5.53. The van der Waals surface area contributed by atoms with Crippen molar-refractivity contribution in [2.45, 2.75) is 33.2 Å². The molecule has 0 saturated heterocycles. The van der Waals surface area contributed by atoms with Gasteiger partial charge < -0.3 is 5.32 Å². The van der Waals surface area contributed by atoms with Crippen LogP contribution in [-0.4, -0.2) is 16.5 Å². The van der Waals surface area contributed by atoms with E-state index in [1.165, 1.54) is 11.1 Å². The molecule has 0 atom stereocenters. The molecule has 1 aliphatic rings.